The molecule has 1 aliphatic rings. The lowest BCUT2D eigenvalue weighted by molar-refractivity contribution is 0.0692. The molecule has 1 aromatic carbocycles. The standard InChI is InChI=1S/C13H16FNO2S/c14-12-6-9(3-4-11(12)13(16)17)7-15-10-2-1-5-18-8-10/h3-4,6,10,15H,1-2,5,7-8H2,(H,16,17). The van der Waals surface area contributed by atoms with Crippen LogP contribution in [0.2, 0.25) is 0 Å². The molecule has 0 amide bonds. The molecule has 1 aliphatic heterocycles. The van der Waals surface area contributed by atoms with E-state index >= 15 is 0 Å². The Balaban J connectivity index is 1.93. The number of carbonyl (C=O) groups is 1. The molecule has 1 fully saturated rings. The van der Waals surface area contributed by atoms with E-state index in [0.717, 1.165) is 17.7 Å². The summed E-state index contributed by atoms with van der Waals surface area (Å²) in [6.45, 7) is 0.585. The number of nitrogens with one attached hydrogen (secondary N) is 1. The van der Waals surface area contributed by atoms with Gasteiger partial charge in [-0.2, -0.15) is 11.8 Å². The van der Waals surface area contributed by atoms with Crippen molar-refractivity contribution in [2.75, 3.05) is 11.5 Å². The lowest BCUT2D eigenvalue weighted by Crippen LogP contribution is -2.33. The zero-order valence-electron chi connectivity index (χ0n) is 9.99. The maximum absolute atomic E-state index is 13.5. The molecule has 18 heavy (non-hydrogen) atoms. The number of halogens is 1. The number of thioether (sulfide) groups is 1. The van der Waals surface area contributed by atoms with Crippen LogP contribution in [0.4, 0.5) is 4.39 Å². The maximum atomic E-state index is 13.5. The fourth-order valence-electron chi connectivity index (χ4n) is 2.01. The van der Waals surface area contributed by atoms with Gasteiger partial charge in [0.25, 0.3) is 0 Å². The molecule has 1 saturated heterocycles. The summed E-state index contributed by atoms with van der Waals surface area (Å²) in [5, 5.41) is 12.1. The van der Waals surface area contributed by atoms with Crippen molar-refractivity contribution in [2.24, 2.45) is 0 Å². The quantitative estimate of drug-likeness (QED) is 0.882. The van der Waals surface area contributed by atoms with Crippen molar-refractivity contribution < 1.29 is 14.3 Å². The summed E-state index contributed by atoms with van der Waals surface area (Å²) < 4.78 is 13.5. The molecule has 2 N–H and O–H groups in total. The van der Waals surface area contributed by atoms with Crippen molar-refractivity contribution >= 4 is 17.7 Å². The Kier molecular flexibility index (Phi) is 4.60. The van der Waals surface area contributed by atoms with Crippen molar-refractivity contribution in [3.63, 3.8) is 0 Å². The first kappa shape index (κ1) is 13.4. The Morgan fingerprint density at radius 3 is 3.00 bits per heavy atom. The summed E-state index contributed by atoms with van der Waals surface area (Å²) >= 11 is 1.93. The normalized spacial score (nSPS) is 19.7. The van der Waals surface area contributed by atoms with Gasteiger partial charge in [0.1, 0.15) is 5.82 Å². The van der Waals surface area contributed by atoms with E-state index in [9.17, 15) is 9.18 Å². The summed E-state index contributed by atoms with van der Waals surface area (Å²) in [5.41, 5.74) is 0.514. The number of hydrogen-bond acceptors (Lipinski definition) is 3. The molecule has 2 rings (SSSR count). The third-order valence-corrected chi connectivity index (χ3v) is 4.23. The van der Waals surface area contributed by atoms with Gasteiger partial charge in [-0.05, 0) is 36.3 Å². The van der Waals surface area contributed by atoms with Crippen LogP contribution in [-0.4, -0.2) is 28.6 Å². The first-order valence-electron chi connectivity index (χ1n) is 5.99. The fourth-order valence-corrected chi connectivity index (χ4v) is 3.11. The summed E-state index contributed by atoms with van der Waals surface area (Å²) in [6.07, 6.45) is 2.37. The van der Waals surface area contributed by atoms with Crippen LogP contribution in [0, 0.1) is 5.82 Å². The average Bonchev–Trinajstić information content (AvgIpc) is 2.37. The van der Waals surface area contributed by atoms with Crippen LogP contribution in [0.5, 0.6) is 0 Å². The van der Waals surface area contributed by atoms with Gasteiger partial charge in [0.15, 0.2) is 0 Å². The van der Waals surface area contributed by atoms with E-state index in [1.807, 2.05) is 11.8 Å². The van der Waals surface area contributed by atoms with Crippen LogP contribution in [0.15, 0.2) is 18.2 Å². The number of carboxylic acids is 1. The third kappa shape index (κ3) is 3.46. The Labute approximate surface area is 110 Å². The molecule has 3 nitrogen and oxygen atoms in total. The van der Waals surface area contributed by atoms with Gasteiger partial charge in [-0.25, -0.2) is 9.18 Å². The molecule has 0 saturated carbocycles. The lowest BCUT2D eigenvalue weighted by atomic mass is 10.1. The molecule has 5 heteroatoms. The van der Waals surface area contributed by atoms with Crippen molar-refractivity contribution in [1.29, 1.82) is 0 Å². The first-order valence-corrected chi connectivity index (χ1v) is 7.15. The Bertz CT molecular complexity index is 433. The second-order valence-electron chi connectivity index (χ2n) is 4.41. The van der Waals surface area contributed by atoms with E-state index in [4.69, 9.17) is 5.11 Å². The molecular formula is C13H16FNO2S. The summed E-state index contributed by atoms with van der Waals surface area (Å²) in [5.74, 6) is 0.422. The van der Waals surface area contributed by atoms with E-state index in [2.05, 4.69) is 5.32 Å². The largest absolute Gasteiger partial charge is 0.478 e. The minimum absolute atomic E-state index is 0.271. The first-order chi connectivity index (χ1) is 8.66. The van der Waals surface area contributed by atoms with Crippen molar-refractivity contribution in [3.05, 3.63) is 35.1 Å². The highest BCUT2D eigenvalue weighted by molar-refractivity contribution is 7.99. The van der Waals surface area contributed by atoms with Crippen molar-refractivity contribution in [3.8, 4) is 0 Å². The van der Waals surface area contributed by atoms with Gasteiger partial charge in [0, 0.05) is 18.3 Å². The minimum Gasteiger partial charge on any atom is -0.478 e. The molecule has 1 heterocycles. The number of benzene rings is 1. The fraction of sp³-hybridized carbons (Fsp3) is 0.462. The van der Waals surface area contributed by atoms with E-state index in [1.165, 1.54) is 24.3 Å². The summed E-state index contributed by atoms with van der Waals surface area (Å²) in [7, 11) is 0. The molecule has 0 radical (unpaired) electrons. The minimum atomic E-state index is -1.23. The van der Waals surface area contributed by atoms with Gasteiger partial charge in [-0.1, -0.05) is 6.07 Å². The van der Waals surface area contributed by atoms with E-state index in [0.29, 0.717) is 12.6 Å². The lowest BCUT2D eigenvalue weighted by Gasteiger charge is -2.22. The summed E-state index contributed by atoms with van der Waals surface area (Å²) in [4.78, 5) is 10.7. The van der Waals surface area contributed by atoms with E-state index in [-0.39, 0.29) is 5.56 Å². The van der Waals surface area contributed by atoms with E-state index in [1.54, 1.807) is 6.07 Å². The van der Waals surface area contributed by atoms with Crippen LogP contribution in [0.3, 0.4) is 0 Å². The third-order valence-electron chi connectivity index (χ3n) is 3.02. The molecule has 1 atom stereocenters. The Hall–Kier alpha value is -1.07. The van der Waals surface area contributed by atoms with Crippen LogP contribution >= 0.6 is 11.8 Å². The predicted molar refractivity (Wildman–Crippen MR) is 70.5 cm³/mol. The Morgan fingerprint density at radius 1 is 1.56 bits per heavy atom. The van der Waals surface area contributed by atoms with Crippen molar-refractivity contribution in [2.45, 2.75) is 25.4 Å². The molecular weight excluding hydrogens is 253 g/mol. The highest BCUT2D eigenvalue weighted by Crippen LogP contribution is 2.17. The van der Waals surface area contributed by atoms with Crippen LogP contribution in [0.1, 0.15) is 28.8 Å². The molecule has 0 aliphatic carbocycles. The topological polar surface area (TPSA) is 49.3 Å². The number of aromatic carboxylic acids is 1. The highest BCUT2D eigenvalue weighted by Gasteiger charge is 2.14. The zero-order valence-corrected chi connectivity index (χ0v) is 10.8. The van der Waals surface area contributed by atoms with E-state index < -0.39 is 11.8 Å². The number of hydrogen-bond donors (Lipinski definition) is 2. The molecule has 1 aromatic rings. The average molecular weight is 269 g/mol. The zero-order chi connectivity index (χ0) is 13.0. The van der Waals surface area contributed by atoms with Crippen molar-refractivity contribution in [1.82, 2.24) is 5.32 Å². The SMILES string of the molecule is O=C(O)c1ccc(CNC2CCCSC2)cc1F. The second kappa shape index (κ2) is 6.20. The van der Waals surface area contributed by atoms with Gasteiger partial charge < -0.3 is 10.4 Å². The molecule has 1 unspecified atom stereocenters. The molecule has 0 bridgehead atoms. The van der Waals surface area contributed by atoms with Gasteiger partial charge in [-0.3, -0.25) is 0 Å². The summed E-state index contributed by atoms with van der Waals surface area (Å²) in [6, 6.07) is 4.76. The predicted octanol–water partition coefficient (Wildman–Crippen LogP) is 2.51. The van der Waals surface area contributed by atoms with Crippen LogP contribution in [0.25, 0.3) is 0 Å². The van der Waals surface area contributed by atoms with Crippen LogP contribution in [-0.2, 0) is 6.54 Å². The van der Waals surface area contributed by atoms with Gasteiger partial charge in [-0.15, -0.1) is 0 Å². The number of carboxylic acid groups (broad SMARTS) is 1. The van der Waals surface area contributed by atoms with Gasteiger partial charge >= 0.3 is 5.97 Å². The highest BCUT2D eigenvalue weighted by atomic mass is 32.2. The van der Waals surface area contributed by atoms with Gasteiger partial charge in [0.2, 0.25) is 0 Å². The molecule has 98 valence electrons. The monoisotopic (exact) mass is 269 g/mol. The van der Waals surface area contributed by atoms with Gasteiger partial charge in [0.05, 0.1) is 5.56 Å². The number of rotatable bonds is 4. The maximum Gasteiger partial charge on any atom is 0.338 e. The van der Waals surface area contributed by atoms with Crippen LogP contribution < -0.4 is 5.32 Å². The Morgan fingerprint density at radius 2 is 2.39 bits per heavy atom. The molecule has 0 aromatic heterocycles. The second-order valence-corrected chi connectivity index (χ2v) is 5.56. The molecule has 0 spiro atoms. The smallest absolute Gasteiger partial charge is 0.338 e.